The van der Waals surface area contributed by atoms with E-state index in [1.165, 1.54) is 18.4 Å². The SMILES string of the molecule is C=C1/C=C\C(CCC(C)C)=C/SC(C)N1.CC. The third kappa shape index (κ3) is 8.14. The van der Waals surface area contributed by atoms with E-state index in [1.54, 1.807) is 0 Å². The summed E-state index contributed by atoms with van der Waals surface area (Å²) in [6.45, 7) is 14.7. The van der Waals surface area contributed by atoms with E-state index in [0.29, 0.717) is 5.37 Å². The standard InChI is InChI=1S/C13H21NS.C2H6/c1-10(2)5-7-13-8-6-11(3)14-12(4)15-9-13;1-2/h6,8-10,12,14H,3,5,7H2,1-2,4H3;1-2H3/b8-6-,13-9-;. The van der Waals surface area contributed by atoms with Crippen LogP contribution in [0.1, 0.15) is 47.5 Å². The first-order valence-electron chi connectivity index (χ1n) is 6.56. The van der Waals surface area contributed by atoms with Crippen LogP contribution in [0.15, 0.2) is 35.4 Å². The summed E-state index contributed by atoms with van der Waals surface area (Å²) < 4.78 is 0. The van der Waals surface area contributed by atoms with Crippen LogP contribution < -0.4 is 5.32 Å². The zero-order chi connectivity index (χ0) is 13.3. The summed E-state index contributed by atoms with van der Waals surface area (Å²) in [6.07, 6.45) is 6.67. The van der Waals surface area contributed by atoms with Gasteiger partial charge in [-0.25, -0.2) is 0 Å². The number of rotatable bonds is 3. The molecule has 0 aromatic heterocycles. The number of thioether (sulfide) groups is 1. The number of hydrogen-bond acceptors (Lipinski definition) is 2. The Kier molecular flexibility index (Phi) is 9.06. The smallest absolute Gasteiger partial charge is 0.0734 e. The minimum atomic E-state index is 0.413. The molecule has 1 unspecified atom stereocenters. The van der Waals surface area contributed by atoms with Crippen LogP contribution in [0, 0.1) is 5.92 Å². The van der Waals surface area contributed by atoms with Crippen molar-refractivity contribution in [3.05, 3.63) is 35.4 Å². The van der Waals surface area contributed by atoms with Gasteiger partial charge in [0, 0.05) is 5.70 Å². The van der Waals surface area contributed by atoms with Crippen molar-refractivity contribution in [2.45, 2.75) is 52.8 Å². The van der Waals surface area contributed by atoms with E-state index in [-0.39, 0.29) is 0 Å². The van der Waals surface area contributed by atoms with Crippen molar-refractivity contribution >= 4 is 11.8 Å². The van der Waals surface area contributed by atoms with Crippen molar-refractivity contribution in [2.75, 3.05) is 0 Å². The zero-order valence-electron chi connectivity index (χ0n) is 11.9. The van der Waals surface area contributed by atoms with E-state index in [4.69, 9.17) is 0 Å². The summed E-state index contributed by atoms with van der Waals surface area (Å²) in [5.41, 5.74) is 2.42. The largest absolute Gasteiger partial charge is 0.374 e. The van der Waals surface area contributed by atoms with Crippen molar-refractivity contribution in [1.82, 2.24) is 5.32 Å². The average molecular weight is 253 g/mol. The quantitative estimate of drug-likeness (QED) is 0.752. The molecule has 0 fully saturated rings. The Morgan fingerprint density at radius 1 is 1.35 bits per heavy atom. The molecule has 0 amide bonds. The number of allylic oxidation sites excluding steroid dienone is 3. The first-order valence-corrected chi connectivity index (χ1v) is 7.50. The fourth-order valence-corrected chi connectivity index (χ4v) is 2.17. The van der Waals surface area contributed by atoms with Crippen LogP contribution >= 0.6 is 11.8 Å². The highest BCUT2D eigenvalue weighted by molar-refractivity contribution is 8.02. The maximum atomic E-state index is 3.96. The molecule has 2 heteroatoms. The lowest BCUT2D eigenvalue weighted by Crippen LogP contribution is -2.20. The first-order chi connectivity index (χ1) is 8.08. The van der Waals surface area contributed by atoms with Gasteiger partial charge >= 0.3 is 0 Å². The molecule has 1 N–H and O–H groups in total. The van der Waals surface area contributed by atoms with Crippen LogP contribution in [0.5, 0.6) is 0 Å². The number of nitrogens with one attached hydrogen (secondary N) is 1. The van der Waals surface area contributed by atoms with Crippen LogP contribution in [0.3, 0.4) is 0 Å². The topological polar surface area (TPSA) is 12.0 Å². The average Bonchev–Trinajstić information content (AvgIpc) is 2.28. The van der Waals surface area contributed by atoms with Crippen LogP contribution in [0.25, 0.3) is 0 Å². The van der Waals surface area contributed by atoms with Crippen molar-refractivity contribution in [3.63, 3.8) is 0 Å². The van der Waals surface area contributed by atoms with E-state index < -0.39 is 0 Å². The maximum Gasteiger partial charge on any atom is 0.0734 e. The van der Waals surface area contributed by atoms with Crippen LogP contribution in [-0.2, 0) is 0 Å². The van der Waals surface area contributed by atoms with Gasteiger partial charge in [-0.05, 0) is 42.7 Å². The van der Waals surface area contributed by atoms with Gasteiger partial charge in [-0.3, -0.25) is 0 Å². The second kappa shape index (κ2) is 9.41. The summed E-state index contributed by atoms with van der Waals surface area (Å²) in [5.74, 6) is 0.772. The van der Waals surface area contributed by atoms with E-state index in [0.717, 1.165) is 11.6 Å². The lowest BCUT2D eigenvalue weighted by atomic mass is 10.0. The summed E-state index contributed by atoms with van der Waals surface area (Å²) in [4.78, 5) is 0. The Hall–Kier alpha value is -0.630. The van der Waals surface area contributed by atoms with E-state index in [9.17, 15) is 0 Å². The lowest BCUT2D eigenvalue weighted by molar-refractivity contribution is 0.588. The molecule has 0 radical (unpaired) electrons. The van der Waals surface area contributed by atoms with Gasteiger partial charge in [0.1, 0.15) is 0 Å². The maximum absolute atomic E-state index is 3.96. The highest BCUT2D eigenvalue weighted by atomic mass is 32.2. The Morgan fingerprint density at radius 2 is 2.00 bits per heavy atom. The Bertz CT molecular complexity index is 277. The molecule has 17 heavy (non-hydrogen) atoms. The fraction of sp³-hybridized carbons (Fsp3) is 0.600. The lowest BCUT2D eigenvalue weighted by Gasteiger charge is -2.16. The molecule has 0 spiro atoms. The Labute approximate surface area is 111 Å². The molecule has 1 nitrogen and oxygen atoms in total. The normalized spacial score (nSPS) is 24.7. The molecule has 0 aliphatic carbocycles. The molecule has 98 valence electrons. The van der Waals surface area contributed by atoms with Crippen molar-refractivity contribution in [3.8, 4) is 0 Å². The van der Waals surface area contributed by atoms with Crippen LogP contribution in [-0.4, -0.2) is 5.37 Å². The summed E-state index contributed by atoms with van der Waals surface area (Å²) in [5, 5.41) is 5.98. The highest BCUT2D eigenvalue weighted by Gasteiger charge is 2.05. The molecule has 1 rings (SSSR count). The summed E-state index contributed by atoms with van der Waals surface area (Å²) in [6, 6.07) is 0. The van der Waals surface area contributed by atoms with Gasteiger partial charge in [-0.2, -0.15) is 0 Å². The van der Waals surface area contributed by atoms with Gasteiger partial charge in [0.25, 0.3) is 0 Å². The molecule has 1 aliphatic rings. The van der Waals surface area contributed by atoms with Crippen molar-refractivity contribution < 1.29 is 0 Å². The molecule has 1 heterocycles. The molecular formula is C15H27NS. The third-order valence-electron chi connectivity index (χ3n) is 2.32. The fourth-order valence-electron chi connectivity index (χ4n) is 1.38. The molecule has 1 aliphatic heterocycles. The number of hydrogen-bond donors (Lipinski definition) is 1. The molecular weight excluding hydrogens is 226 g/mol. The predicted octanol–water partition coefficient (Wildman–Crippen LogP) is 5.09. The first kappa shape index (κ1) is 16.4. The highest BCUT2D eigenvalue weighted by Crippen LogP contribution is 2.21. The Morgan fingerprint density at radius 3 is 2.59 bits per heavy atom. The minimum absolute atomic E-state index is 0.413. The van der Waals surface area contributed by atoms with Gasteiger partial charge in [0.2, 0.25) is 0 Å². The van der Waals surface area contributed by atoms with E-state index in [2.05, 4.69) is 50.2 Å². The monoisotopic (exact) mass is 253 g/mol. The molecule has 1 atom stereocenters. The van der Waals surface area contributed by atoms with Crippen LogP contribution in [0.2, 0.25) is 0 Å². The van der Waals surface area contributed by atoms with E-state index >= 15 is 0 Å². The van der Waals surface area contributed by atoms with Crippen molar-refractivity contribution in [2.24, 2.45) is 5.92 Å². The van der Waals surface area contributed by atoms with Gasteiger partial charge in [0.05, 0.1) is 5.37 Å². The van der Waals surface area contributed by atoms with Crippen LogP contribution in [0.4, 0.5) is 0 Å². The van der Waals surface area contributed by atoms with Crippen molar-refractivity contribution in [1.29, 1.82) is 0 Å². The molecule has 0 bridgehead atoms. The molecule has 0 aromatic carbocycles. The second-order valence-electron chi connectivity index (χ2n) is 4.41. The van der Waals surface area contributed by atoms with E-state index in [1.807, 2.05) is 25.6 Å². The van der Waals surface area contributed by atoms with Gasteiger partial charge in [-0.1, -0.05) is 40.3 Å². The Balaban J connectivity index is 0.00000121. The zero-order valence-corrected chi connectivity index (χ0v) is 12.7. The molecule has 0 saturated heterocycles. The minimum Gasteiger partial charge on any atom is -0.374 e. The van der Waals surface area contributed by atoms with Gasteiger partial charge in [-0.15, -0.1) is 11.8 Å². The third-order valence-corrected chi connectivity index (χ3v) is 3.29. The molecule has 0 aromatic rings. The summed E-state index contributed by atoms with van der Waals surface area (Å²) >= 11 is 1.83. The van der Waals surface area contributed by atoms with Gasteiger partial charge in [0.15, 0.2) is 0 Å². The second-order valence-corrected chi connectivity index (χ2v) is 5.62. The molecule has 0 saturated carbocycles. The summed E-state index contributed by atoms with van der Waals surface area (Å²) in [7, 11) is 0. The predicted molar refractivity (Wildman–Crippen MR) is 82.0 cm³/mol. The van der Waals surface area contributed by atoms with Gasteiger partial charge < -0.3 is 5.32 Å².